The van der Waals surface area contributed by atoms with E-state index in [1.807, 2.05) is 73.1 Å². The molecule has 144 valence electrons. The summed E-state index contributed by atoms with van der Waals surface area (Å²) < 4.78 is 0. The Morgan fingerprint density at radius 1 is 0.700 bits per heavy atom. The van der Waals surface area contributed by atoms with Crippen molar-refractivity contribution >= 4 is 33.7 Å². The lowest BCUT2D eigenvalue weighted by atomic mass is 9.63. The number of rotatable bonds is 2. The normalized spacial score (nSPS) is 15.0. The minimum atomic E-state index is -1.08. The van der Waals surface area contributed by atoms with E-state index in [4.69, 9.17) is 0 Å². The van der Waals surface area contributed by atoms with Crippen molar-refractivity contribution in [3.8, 4) is 5.75 Å². The maximum Gasteiger partial charge on any atom is 0.175 e. The summed E-state index contributed by atoms with van der Waals surface area (Å²) >= 11 is 0. The highest BCUT2D eigenvalue weighted by Crippen LogP contribution is 2.49. The number of hydrogen-bond donors (Lipinski definition) is 3. The molecule has 30 heavy (non-hydrogen) atoms. The van der Waals surface area contributed by atoms with Crippen molar-refractivity contribution in [2.75, 3.05) is 0 Å². The highest BCUT2D eigenvalue weighted by Gasteiger charge is 2.48. The van der Waals surface area contributed by atoms with Gasteiger partial charge < -0.3 is 15.1 Å². The fourth-order valence-corrected chi connectivity index (χ4v) is 4.90. The maximum absolute atomic E-state index is 13.9. The van der Waals surface area contributed by atoms with Crippen molar-refractivity contribution < 1.29 is 9.90 Å². The number of ketones is 1. The average Bonchev–Trinajstić information content (AvgIpc) is 3.39. The highest BCUT2D eigenvalue weighted by molar-refractivity contribution is 6.14. The molecule has 4 heteroatoms. The first-order valence-corrected chi connectivity index (χ1v) is 9.89. The number of carbonyl (C=O) groups excluding carboxylic acids is 1. The number of hydrogen-bond acceptors (Lipinski definition) is 2. The first-order valence-electron chi connectivity index (χ1n) is 9.89. The van der Waals surface area contributed by atoms with Crippen molar-refractivity contribution in [3.05, 3.63) is 107 Å². The van der Waals surface area contributed by atoms with E-state index in [0.29, 0.717) is 0 Å². The van der Waals surface area contributed by atoms with Gasteiger partial charge in [-0.1, -0.05) is 48.5 Å². The van der Waals surface area contributed by atoms with Gasteiger partial charge in [0.05, 0.1) is 0 Å². The Balaban J connectivity index is 1.83. The summed E-state index contributed by atoms with van der Waals surface area (Å²) in [7, 11) is 0. The van der Waals surface area contributed by atoms with Crippen molar-refractivity contribution in [2.45, 2.75) is 5.41 Å². The maximum atomic E-state index is 13.9. The molecule has 0 fully saturated rings. The molecule has 2 aromatic heterocycles. The van der Waals surface area contributed by atoms with Crippen LogP contribution in [0.4, 0.5) is 0 Å². The lowest BCUT2D eigenvalue weighted by molar-refractivity contribution is -0.117. The molecule has 0 spiro atoms. The van der Waals surface area contributed by atoms with E-state index in [9.17, 15) is 9.90 Å². The van der Waals surface area contributed by atoms with Crippen molar-refractivity contribution in [1.82, 2.24) is 9.97 Å². The summed E-state index contributed by atoms with van der Waals surface area (Å²) in [4.78, 5) is 20.6. The third-order valence-electron chi connectivity index (χ3n) is 6.21. The smallest absolute Gasteiger partial charge is 0.175 e. The summed E-state index contributed by atoms with van der Waals surface area (Å²) in [6.07, 6.45) is 7.34. The van der Waals surface area contributed by atoms with Crippen molar-refractivity contribution in [1.29, 1.82) is 0 Å². The van der Waals surface area contributed by atoms with E-state index in [-0.39, 0.29) is 11.5 Å². The van der Waals surface area contributed by atoms with Crippen molar-refractivity contribution in [2.24, 2.45) is 0 Å². The zero-order valence-corrected chi connectivity index (χ0v) is 16.0. The van der Waals surface area contributed by atoms with Gasteiger partial charge in [-0.2, -0.15) is 0 Å². The van der Waals surface area contributed by atoms with Crippen molar-refractivity contribution in [3.63, 3.8) is 0 Å². The number of H-pyrrole nitrogens is 2. The van der Waals surface area contributed by atoms with Gasteiger partial charge in [0.2, 0.25) is 0 Å². The summed E-state index contributed by atoms with van der Waals surface area (Å²) in [5, 5.41) is 12.4. The van der Waals surface area contributed by atoms with E-state index in [0.717, 1.165) is 44.1 Å². The third kappa shape index (κ3) is 2.08. The number of benzene rings is 3. The predicted molar refractivity (Wildman–Crippen MR) is 119 cm³/mol. The molecular weight excluding hydrogens is 372 g/mol. The van der Waals surface area contributed by atoms with Gasteiger partial charge >= 0.3 is 0 Å². The molecule has 3 aromatic carbocycles. The van der Waals surface area contributed by atoms with Crippen LogP contribution in [0, 0.1) is 0 Å². The lowest BCUT2D eigenvalue weighted by Gasteiger charge is -2.35. The molecule has 0 radical (unpaired) electrons. The molecule has 3 N–H and O–H groups in total. The topological polar surface area (TPSA) is 68.9 Å². The molecule has 0 saturated carbocycles. The molecule has 0 aliphatic heterocycles. The minimum Gasteiger partial charge on any atom is -0.508 e. The quantitative estimate of drug-likeness (QED) is 0.384. The number of nitrogens with one attached hydrogen (secondary N) is 2. The summed E-state index contributed by atoms with van der Waals surface area (Å²) in [6.45, 7) is 0. The molecule has 1 aliphatic carbocycles. The van der Waals surface area contributed by atoms with Crippen LogP contribution in [0.5, 0.6) is 5.75 Å². The first-order chi connectivity index (χ1) is 14.7. The van der Waals surface area contributed by atoms with Crippen LogP contribution in [0.25, 0.3) is 27.9 Å². The zero-order valence-electron chi connectivity index (χ0n) is 16.0. The molecule has 5 aromatic rings. The Morgan fingerprint density at radius 2 is 1.30 bits per heavy atom. The number of aromatic amines is 2. The summed E-state index contributed by atoms with van der Waals surface area (Å²) in [5.74, 6) is 0.107. The highest BCUT2D eigenvalue weighted by atomic mass is 16.3. The van der Waals surface area contributed by atoms with E-state index < -0.39 is 5.41 Å². The Kier molecular flexibility index (Phi) is 3.36. The number of allylic oxidation sites excluding steroid dienone is 1. The largest absolute Gasteiger partial charge is 0.508 e. The number of phenolic OH excluding ortho intramolecular Hbond substituents is 1. The molecule has 2 heterocycles. The van der Waals surface area contributed by atoms with Crippen LogP contribution in [-0.2, 0) is 10.2 Å². The Hall–Kier alpha value is -4.05. The standard InChI is InChI=1S/C26H18N2O2/c29-17-11-9-16-10-12-25(30)26(20(16)13-17,21-14-27-23-7-3-1-5-18(21)23)22-15-28-24-8-4-2-6-19(22)24/h1-15,27-29H. The molecule has 6 rings (SSSR count). The van der Waals surface area contributed by atoms with Crippen LogP contribution < -0.4 is 0 Å². The monoisotopic (exact) mass is 390 g/mol. The second-order valence-electron chi connectivity index (χ2n) is 7.72. The van der Waals surface area contributed by atoms with Gasteiger partial charge in [-0.3, -0.25) is 4.79 Å². The summed E-state index contributed by atoms with van der Waals surface area (Å²) in [6, 6.07) is 21.2. The van der Waals surface area contributed by atoms with E-state index >= 15 is 0 Å². The molecule has 0 unspecified atom stereocenters. The number of carbonyl (C=O) groups is 1. The van der Waals surface area contributed by atoms with Gasteiger partial charge in [0, 0.05) is 45.3 Å². The average molecular weight is 390 g/mol. The fraction of sp³-hybridized carbons (Fsp3) is 0.0385. The van der Waals surface area contributed by atoms with E-state index in [1.165, 1.54) is 0 Å². The van der Waals surface area contributed by atoms with Crippen LogP contribution in [0.1, 0.15) is 22.3 Å². The lowest BCUT2D eigenvalue weighted by Crippen LogP contribution is -2.39. The van der Waals surface area contributed by atoms with Crippen LogP contribution in [0.2, 0.25) is 0 Å². The zero-order chi connectivity index (χ0) is 20.3. The first kappa shape index (κ1) is 16.9. The Bertz CT molecular complexity index is 1410. The van der Waals surface area contributed by atoms with Gasteiger partial charge in [-0.15, -0.1) is 0 Å². The summed E-state index contributed by atoms with van der Waals surface area (Å²) in [5.41, 5.74) is 4.31. The van der Waals surface area contributed by atoms with E-state index in [1.54, 1.807) is 18.2 Å². The number of fused-ring (bicyclic) bond motifs is 3. The Labute approximate surface area is 172 Å². The van der Waals surface area contributed by atoms with Gasteiger partial charge in [0.1, 0.15) is 11.2 Å². The van der Waals surface area contributed by atoms with E-state index in [2.05, 4.69) is 9.97 Å². The van der Waals surface area contributed by atoms with Gasteiger partial charge in [-0.25, -0.2) is 0 Å². The number of aromatic nitrogens is 2. The van der Waals surface area contributed by atoms with Crippen LogP contribution in [0.3, 0.4) is 0 Å². The minimum absolute atomic E-state index is 0.0323. The molecule has 0 saturated heterocycles. The SMILES string of the molecule is O=C1C=Cc2ccc(O)cc2C1(c1c[nH]c2ccccc12)c1c[nH]c2ccccc12. The van der Waals surface area contributed by atoms with Gasteiger partial charge in [0.15, 0.2) is 5.78 Å². The third-order valence-corrected chi connectivity index (χ3v) is 6.21. The second-order valence-corrected chi connectivity index (χ2v) is 7.72. The van der Waals surface area contributed by atoms with Crippen LogP contribution in [0.15, 0.2) is 85.2 Å². The Morgan fingerprint density at radius 3 is 1.93 bits per heavy atom. The molecule has 4 nitrogen and oxygen atoms in total. The second kappa shape index (κ2) is 5.97. The molecular formula is C26H18N2O2. The number of para-hydroxylation sites is 2. The molecule has 0 amide bonds. The van der Waals surface area contributed by atoms with Crippen LogP contribution in [-0.4, -0.2) is 20.9 Å². The molecule has 0 bridgehead atoms. The van der Waals surface area contributed by atoms with Gasteiger partial charge in [-0.05, 0) is 41.5 Å². The van der Waals surface area contributed by atoms with Crippen LogP contribution >= 0.6 is 0 Å². The number of phenols is 1. The number of aromatic hydroxyl groups is 1. The van der Waals surface area contributed by atoms with Gasteiger partial charge in [0.25, 0.3) is 0 Å². The fourth-order valence-electron chi connectivity index (χ4n) is 4.90. The predicted octanol–water partition coefficient (Wildman–Crippen LogP) is 5.29. The molecule has 1 aliphatic rings. The molecule has 0 atom stereocenters.